The lowest BCUT2D eigenvalue weighted by atomic mass is 10.1. The molecular weight excluding hydrogens is 208 g/mol. The van der Waals surface area contributed by atoms with Crippen LogP contribution in [0.4, 0.5) is 0 Å². The molecule has 5 nitrogen and oxygen atoms in total. The van der Waals surface area contributed by atoms with Crippen molar-refractivity contribution in [2.75, 3.05) is 6.54 Å². The van der Waals surface area contributed by atoms with Crippen LogP contribution in [0.15, 0.2) is 24.5 Å². The SMILES string of the molecule is CC(CNC(=O)c1ccncc1)CC(=O)O. The fraction of sp³-hybridized carbons (Fsp3) is 0.364. The van der Waals surface area contributed by atoms with Crippen molar-refractivity contribution in [2.24, 2.45) is 5.92 Å². The van der Waals surface area contributed by atoms with Crippen molar-refractivity contribution in [1.29, 1.82) is 0 Å². The molecule has 0 aliphatic rings. The van der Waals surface area contributed by atoms with E-state index in [2.05, 4.69) is 10.3 Å². The fourth-order valence-electron chi connectivity index (χ4n) is 1.24. The Labute approximate surface area is 93.5 Å². The Morgan fingerprint density at radius 3 is 2.62 bits per heavy atom. The van der Waals surface area contributed by atoms with Gasteiger partial charge < -0.3 is 10.4 Å². The Balaban J connectivity index is 2.39. The molecule has 0 fully saturated rings. The Kier molecular flexibility index (Phi) is 4.44. The topological polar surface area (TPSA) is 79.3 Å². The summed E-state index contributed by atoms with van der Waals surface area (Å²) in [5.41, 5.74) is 0.525. The molecule has 0 aromatic carbocycles. The molecule has 16 heavy (non-hydrogen) atoms. The Bertz CT molecular complexity index is 365. The van der Waals surface area contributed by atoms with E-state index in [9.17, 15) is 9.59 Å². The zero-order chi connectivity index (χ0) is 12.0. The monoisotopic (exact) mass is 222 g/mol. The molecular formula is C11H14N2O3. The molecule has 0 saturated heterocycles. The van der Waals surface area contributed by atoms with Crippen LogP contribution >= 0.6 is 0 Å². The molecule has 1 rings (SSSR count). The molecule has 0 aliphatic heterocycles. The highest BCUT2D eigenvalue weighted by Gasteiger charge is 2.10. The highest BCUT2D eigenvalue weighted by Crippen LogP contribution is 2.01. The van der Waals surface area contributed by atoms with Crippen molar-refractivity contribution >= 4 is 11.9 Å². The first kappa shape index (κ1) is 12.2. The Morgan fingerprint density at radius 1 is 1.44 bits per heavy atom. The molecule has 1 unspecified atom stereocenters. The number of rotatable bonds is 5. The van der Waals surface area contributed by atoms with Gasteiger partial charge >= 0.3 is 5.97 Å². The number of hydrogen-bond donors (Lipinski definition) is 2. The quantitative estimate of drug-likeness (QED) is 0.776. The molecule has 0 spiro atoms. The molecule has 0 saturated carbocycles. The number of carboxylic acids is 1. The third-order valence-corrected chi connectivity index (χ3v) is 2.08. The van der Waals surface area contributed by atoms with Crippen molar-refractivity contribution in [3.8, 4) is 0 Å². The molecule has 0 radical (unpaired) electrons. The number of aromatic nitrogens is 1. The van der Waals surface area contributed by atoms with Crippen LogP contribution in [0, 0.1) is 5.92 Å². The van der Waals surface area contributed by atoms with Crippen LogP contribution in [0.2, 0.25) is 0 Å². The van der Waals surface area contributed by atoms with E-state index in [1.807, 2.05) is 0 Å². The molecule has 0 aliphatic carbocycles. The number of hydrogen-bond acceptors (Lipinski definition) is 3. The van der Waals surface area contributed by atoms with E-state index in [1.54, 1.807) is 19.1 Å². The number of aliphatic carboxylic acids is 1. The predicted octanol–water partition coefficient (Wildman–Crippen LogP) is 0.922. The van der Waals surface area contributed by atoms with Crippen molar-refractivity contribution in [3.63, 3.8) is 0 Å². The molecule has 5 heteroatoms. The minimum absolute atomic E-state index is 0.0522. The van der Waals surface area contributed by atoms with Gasteiger partial charge in [0.15, 0.2) is 0 Å². The van der Waals surface area contributed by atoms with Gasteiger partial charge in [-0.3, -0.25) is 14.6 Å². The van der Waals surface area contributed by atoms with Crippen LogP contribution < -0.4 is 5.32 Å². The Hall–Kier alpha value is -1.91. The number of carboxylic acid groups (broad SMARTS) is 1. The molecule has 1 amide bonds. The standard InChI is InChI=1S/C11H14N2O3/c1-8(6-10(14)15)7-13-11(16)9-2-4-12-5-3-9/h2-5,8H,6-7H2,1H3,(H,13,16)(H,14,15). The summed E-state index contributed by atoms with van der Waals surface area (Å²) in [5.74, 6) is -1.14. The van der Waals surface area contributed by atoms with Gasteiger partial charge in [-0.25, -0.2) is 0 Å². The minimum atomic E-state index is -0.856. The minimum Gasteiger partial charge on any atom is -0.481 e. The average molecular weight is 222 g/mol. The first-order valence-corrected chi connectivity index (χ1v) is 4.99. The number of nitrogens with zero attached hydrogens (tertiary/aromatic N) is 1. The maximum absolute atomic E-state index is 11.5. The van der Waals surface area contributed by atoms with E-state index in [-0.39, 0.29) is 18.2 Å². The summed E-state index contributed by atoms with van der Waals surface area (Å²) in [6.45, 7) is 2.13. The molecule has 0 bridgehead atoms. The van der Waals surface area contributed by atoms with Crippen LogP contribution in [-0.4, -0.2) is 28.5 Å². The Morgan fingerprint density at radius 2 is 2.06 bits per heavy atom. The molecule has 1 atom stereocenters. The summed E-state index contributed by atoms with van der Waals surface area (Å²) in [6, 6.07) is 3.22. The van der Waals surface area contributed by atoms with Crippen molar-refractivity contribution in [3.05, 3.63) is 30.1 Å². The van der Waals surface area contributed by atoms with E-state index in [4.69, 9.17) is 5.11 Å². The second-order valence-corrected chi connectivity index (χ2v) is 3.65. The lowest BCUT2D eigenvalue weighted by Gasteiger charge is -2.10. The lowest BCUT2D eigenvalue weighted by molar-refractivity contribution is -0.137. The number of nitrogens with one attached hydrogen (secondary N) is 1. The van der Waals surface area contributed by atoms with Gasteiger partial charge in [-0.1, -0.05) is 6.92 Å². The highest BCUT2D eigenvalue weighted by atomic mass is 16.4. The number of pyridine rings is 1. The molecule has 1 aromatic rings. The van der Waals surface area contributed by atoms with E-state index < -0.39 is 5.97 Å². The zero-order valence-electron chi connectivity index (χ0n) is 9.01. The van der Waals surface area contributed by atoms with Gasteiger partial charge in [-0.15, -0.1) is 0 Å². The number of carbonyl (C=O) groups excluding carboxylic acids is 1. The predicted molar refractivity (Wildman–Crippen MR) is 58.0 cm³/mol. The van der Waals surface area contributed by atoms with Gasteiger partial charge in [-0.2, -0.15) is 0 Å². The highest BCUT2D eigenvalue weighted by molar-refractivity contribution is 5.93. The third-order valence-electron chi connectivity index (χ3n) is 2.08. The van der Waals surface area contributed by atoms with Gasteiger partial charge in [0.05, 0.1) is 0 Å². The van der Waals surface area contributed by atoms with Crippen LogP contribution in [0.25, 0.3) is 0 Å². The summed E-state index contributed by atoms with van der Waals surface area (Å²) >= 11 is 0. The van der Waals surface area contributed by atoms with E-state index >= 15 is 0 Å². The third kappa shape index (κ3) is 4.08. The number of amides is 1. The van der Waals surface area contributed by atoms with Crippen molar-refractivity contribution < 1.29 is 14.7 Å². The van der Waals surface area contributed by atoms with Gasteiger partial charge in [0, 0.05) is 30.9 Å². The van der Waals surface area contributed by atoms with Gasteiger partial charge in [0.1, 0.15) is 0 Å². The van der Waals surface area contributed by atoms with Crippen LogP contribution in [0.1, 0.15) is 23.7 Å². The zero-order valence-corrected chi connectivity index (χ0v) is 9.01. The van der Waals surface area contributed by atoms with Gasteiger partial charge in [0.2, 0.25) is 0 Å². The van der Waals surface area contributed by atoms with Crippen LogP contribution in [-0.2, 0) is 4.79 Å². The van der Waals surface area contributed by atoms with Crippen LogP contribution in [0.3, 0.4) is 0 Å². The molecule has 1 aromatic heterocycles. The molecule has 1 heterocycles. The summed E-state index contributed by atoms with van der Waals surface area (Å²) in [7, 11) is 0. The first-order valence-electron chi connectivity index (χ1n) is 4.99. The maximum Gasteiger partial charge on any atom is 0.303 e. The van der Waals surface area contributed by atoms with E-state index in [0.717, 1.165) is 0 Å². The summed E-state index contributed by atoms with van der Waals surface area (Å²) in [4.78, 5) is 25.8. The largest absolute Gasteiger partial charge is 0.481 e. The van der Waals surface area contributed by atoms with Crippen molar-refractivity contribution in [1.82, 2.24) is 10.3 Å². The molecule has 86 valence electrons. The normalized spacial score (nSPS) is 11.8. The van der Waals surface area contributed by atoms with Crippen LogP contribution in [0.5, 0.6) is 0 Å². The smallest absolute Gasteiger partial charge is 0.303 e. The fourth-order valence-corrected chi connectivity index (χ4v) is 1.24. The van der Waals surface area contributed by atoms with E-state index in [0.29, 0.717) is 12.1 Å². The first-order chi connectivity index (χ1) is 7.59. The van der Waals surface area contributed by atoms with E-state index in [1.165, 1.54) is 12.4 Å². The second-order valence-electron chi connectivity index (χ2n) is 3.65. The van der Waals surface area contributed by atoms with Crippen molar-refractivity contribution in [2.45, 2.75) is 13.3 Å². The average Bonchev–Trinajstić information content (AvgIpc) is 2.26. The van der Waals surface area contributed by atoms with Gasteiger partial charge in [0.25, 0.3) is 5.91 Å². The summed E-state index contributed by atoms with van der Waals surface area (Å²) in [5, 5.41) is 11.2. The van der Waals surface area contributed by atoms with Gasteiger partial charge in [-0.05, 0) is 18.1 Å². The number of carbonyl (C=O) groups is 2. The second kappa shape index (κ2) is 5.85. The summed E-state index contributed by atoms with van der Waals surface area (Å²) in [6.07, 6.45) is 3.13. The maximum atomic E-state index is 11.5. The lowest BCUT2D eigenvalue weighted by Crippen LogP contribution is -2.29. The summed E-state index contributed by atoms with van der Waals surface area (Å²) < 4.78 is 0. The molecule has 2 N–H and O–H groups in total.